The van der Waals surface area contributed by atoms with Crippen molar-refractivity contribution in [3.63, 3.8) is 0 Å². The summed E-state index contributed by atoms with van der Waals surface area (Å²) in [6.45, 7) is 6.05. The molecule has 1 aromatic heterocycles. The standard InChI is InChI=1S/C12H15ClN2O2S/c1-12(2)7-15(3-4-18-12)10-6-8(11(16)17)5-9(13)14-10/h5-6H,3-4,7H2,1-2H3,(H,16,17). The van der Waals surface area contributed by atoms with E-state index in [0.29, 0.717) is 5.82 Å². The van der Waals surface area contributed by atoms with E-state index in [1.54, 1.807) is 6.07 Å². The summed E-state index contributed by atoms with van der Waals surface area (Å²) in [5.74, 6) is 0.670. The van der Waals surface area contributed by atoms with Crippen LogP contribution in [0.4, 0.5) is 5.82 Å². The molecule has 2 heterocycles. The Morgan fingerprint density at radius 1 is 1.56 bits per heavy atom. The zero-order chi connectivity index (χ0) is 13.3. The van der Waals surface area contributed by atoms with Gasteiger partial charge in [-0.15, -0.1) is 0 Å². The molecule has 0 amide bonds. The Hall–Kier alpha value is -0.940. The van der Waals surface area contributed by atoms with Crippen molar-refractivity contribution in [1.82, 2.24) is 4.98 Å². The van der Waals surface area contributed by atoms with Crippen LogP contribution in [-0.2, 0) is 0 Å². The van der Waals surface area contributed by atoms with Crippen LogP contribution >= 0.6 is 23.4 Å². The summed E-state index contributed by atoms with van der Waals surface area (Å²) in [4.78, 5) is 17.3. The minimum atomic E-state index is -0.980. The van der Waals surface area contributed by atoms with E-state index in [1.807, 2.05) is 11.8 Å². The molecule has 0 saturated carbocycles. The van der Waals surface area contributed by atoms with Gasteiger partial charge < -0.3 is 10.0 Å². The highest BCUT2D eigenvalue weighted by Crippen LogP contribution is 2.32. The quantitative estimate of drug-likeness (QED) is 0.847. The van der Waals surface area contributed by atoms with Crippen LogP contribution in [0.2, 0.25) is 5.15 Å². The number of carbonyl (C=O) groups is 1. The van der Waals surface area contributed by atoms with Gasteiger partial charge in [0.15, 0.2) is 0 Å². The van der Waals surface area contributed by atoms with Gasteiger partial charge in [0.1, 0.15) is 11.0 Å². The van der Waals surface area contributed by atoms with Gasteiger partial charge in [-0.3, -0.25) is 0 Å². The van der Waals surface area contributed by atoms with Gasteiger partial charge in [-0.2, -0.15) is 11.8 Å². The van der Waals surface area contributed by atoms with Gasteiger partial charge in [0, 0.05) is 23.6 Å². The molecule has 1 aromatic rings. The van der Waals surface area contributed by atoms with E-state index in [0.717, 1.165) is 18.8 Å². The Bertz CT molecular complexity index is 479. The Morgan fingerprint density at radius 2 is 2.28 bits per heavy atom. The summed E-state index contributed by atoms with van der Waals surface area (Å²) in [5, 5.41) is 9.25. The molecule has 0 aromatic carbocycles. The molecule has 0 radical (unpaired) electrons. The van der Waals surface area contributed by atoms with Crippen molar-refractivity contribution in [2.75, 3.05) is 23.7 Å². The van der Waals surface area contributed by atoms with Gasteiger partial charge in [-0.05, 0) is 26.0 Å². The molecule has 0 unspecified atom stereocenters. The van der Waals surface area contributed by atoms with E-state index in [9.17, 15) is 4.79 Å². The van der Waals surface area contributed by atoms with Gasteiger partial charge >= 0.3 is 5.97 Å². The van der Waals surface area contributed by atoms with Crippen LogP contribution in [0.25, 0.3) is 0 Å². The maximum Gasteiger partial charge on any atom is 0.335 e. The molecule has 4 nitrogen and oxygen atoms in total. The van der Waals surface area contributed by atoms with Crippen LogP contribution in [0.15, 0.2) is 12.1 Å². The minimum absolute atomic E-state index is 0.144. The predicted molar refractivity (Wildman–Crippen MR) is 75.0 cm³/mol. The number of rotatable bonds is 2. The summed E-state index contributed by atoms with van der Waals surface area (Å²) >= 11 is 7.79. The highest BCUT2D eigenvalue weighted by atomic mass is 35.5. The number of thioether (sulfide) groups is 1. The fourth-order valence-electron chi connectivity index (χ4n) is 1.98. The topological polar surface area (TPSA) is 53.4 Å². The van der Waals surface area contributed by atoms with E-state index < -0.39 is 5.97 Å². The number of hydrogen-bond acceptors (Lipinski definition) is 4. The Kier molecular flexibility index (Phi) is 3.73. The summed E-state index contributed by atoms with van der Waals surface area (Å²) in [6, 6.07) is 2.96. The molecule has 18 heavy (non-hydrogen) atoms. The van der Waals surface area contributed by atoms with Gasteiger partial charge in [-0.25, -0.2) is 9.78 Å². The minimum Gasteiger partial charge on any atom is -0.478 e. The third-order valence-corrected chi connectivity index (χ3v) is 4.27. The van der Waals surface area contributed by atoms with Gasteiger partial charge in [0.2, 0.25) is 0 Å². The molecule has 1 aliphatic heterocycles. The maximum absolute atomic E-state index is 11.0. The van der Waals surface area contributed by atoms with Crippen molar-refractivity contribution in [2.45, 2.75) is 18.6 Å². The lowest BCUT2D eigenvalue weighted by Gasteiger charge is -2.38. The number of hydrogen-bond donors (Lipinski definition) is 1. The van der Waals surface area contributed by atoms with Gasteiger partial charge in [0.25, 0.3) is 0 Å². The largest absolute Gasteiger partial charge is 0.478 e. The predicted octanol–water partition coefficient (Wildman–Crippen LogP) is 2.77. The van der Waals surface area contributed by atoms with Crippen molar-refractivity contribution >= 4 is 35.1 Å². The van der Waals surface area contributed by atoms with Crippen LogP contribution < -0.4 is 4.90 Å². The first-order valence-corrected chi connectivity index (χ1v) is 7.03. The number of anilines is 1. The number of aromatic nitrogens is 1. The third kappa shape index (κ3) is 3.09. The van der Waals surface area contributed by atoms with Gasteiger partial charge in [-0.1, -0.05) is 11.6 Å². The highest BCUT2D eigenvalue weighted by molar-refractivity contribution is 8.00. The number of nitrogens with zero attached hydrogens (tertiary/aromatic N) is 2. The molecular formula is C12H15ClN2O2S. The first kappa shape index (κ1) is 13.5. The van der Waals surface area contributed by atoms with Crippen molar-refractivity contribution < 1.29 is 9.90 Å². The Balaban J connectivity index is 2.30. The molecule has 6 heteroatoms. The first-order chi connectivity index (χ1) is 8.37. The molecule has 0 aliphatic carbocycles. The van der Waals surface area contributed by atoms with E-state index in [2.05, 4.69) is 23.7 Å². The molecule has 1 aliphatic rings. The Morgan fingerprint density at radius 3 is 2.89 bits per heavy atom. The number of carboxylic acid groups (broad SMARTS) is 1. The zero-order valence-electron chi connectivity index (χ0n) is 10.3. The van der Waals surface area contributed by atoms with Crippen LogP contribution in [0.1, 0.15) is 24.2 Å². The van der Waals surface area contributed by atoms with Crippen molar-refractivity contribution in [2.24, 2.45) is 0 Å². The van der Waals surface area contributed by atoms with Crippen LogP contribution in [0.5, 0.6) is 0 Å². The molecule has 1 N–H and O–H groups in total. The second-order valence-corrected chi connectivity index (χ2v) is 7.06. The molecule has 98 valence electrons. The molecule has 1 fully saturated rings. The number of aromatic carboxylic acids is 1. The third-order valence-electron chi connectivity index (χ3n) is 2.78. The summed E-state index contributed by atoms with van der Waals surface area (Å²) in [6.07, 6.45) is 0. The SMILES string of the molecule is CC1(C)CN(c2cc(C(=O)O)cc(Cl)n2)CCS1. The normalized spacial score (nSPS) is 18.7. The number of carboxylic acids is 1. The zero-order valence-corrected chi connectivity index (χ0v) is 11.9. The van der Waals surface area contributed by atoms with Crippen molar-refractivity contribution in [1.29, 1.82) is 0 Å². The van der Waals surface area contributed by atoms with Crippen LogP contribution in [-0.4, -0.2) is 39.6 Å². The lowest BCUT2D eigenvalue weighted by molar-refractivity contribution is 0.0697. The van der Waals surface area contributed by atoms with Crippen molar-refractivity contribution in [3.8, 4) is 0 Å². The lowest BCUT2D eigenvalue weighted by Crippen LogP contribution is -2.43. The summed E-state index contributed by atoms with van der Waals surface area (Å²) < 4.78 is 0.144. The fraction of sp³-hybridized carbons (Fsp3) is 0.500. The average molecular weight is 287 g/mol. The summed E-state index contributed by atoms with van der Waals surface area (Å²) in [5.41, 5.74) is 0.182. The molecule has 2 rings (SSSR count). The van der Waals surface area contributed by atoms with Crippen LogP contribution in [0, 0.1) is 0 Å². The molecule has 0 spiro atoms. The molecule has 0 bridgehead atoms. The van der Waals surface area contributed by atoms with Gasteiger partial charge in [0.05, 0.1) is 5.56 Å². The van der Waals surface area contributed by atoms with Crippen molar-refractivity contribution in [3.05, 3.63) is 22.8 Å². The highest BCUT2D eigenvalue weighted by Gasteiger charge is 2.28. The van der Waals surface area contributed by atoms with E-state index in [-0.39, 0.29) is 15.5 Å². The maximum atomic E-state index is 11.0. The second-order valence-electron chi connectivity index (χ2n) is 4.87. The molecule has 1 saturated heterocycles. The van der Waals surface area contributed by atoms with Crippen LogP contribution in [0.3, 0.4) is 0 Å². The Labute approximate surface area is 115 Å². The van der Waals surface area contributed by atoms with E-state index in [1.165, 1.54) is 6.07 Å². The molecular weight excluding hydrogens is 272 g/mol. The first-order valence-electron chi connectivity index (χ1n) is 5.67. The number of halogens is 1. The smallest absolute Gasteiger partial charge is 0.335 e. The van der Waals surface area contributed by atoms with E-state index >= 15 is 0 Å². The average Bonchev–Trinajstić information content (AvgIpc) is 2.26. The fourth-order valence-corrected chi connectivity index (χ4v) is 3.30. The monoisotopic (exact) mass is 286 g/mol. The lowest BCUT2D eigenvalue weighted by atomic mass is 10.1. The van der Waals surface area contributed by atoms with E-state index in [4.69, 9.17) is 16.7 Å². The number of pyridine rings is 1. The molecule has 0 atom stereocenters. The summed E-state index contributed by atoms with van der Waals surface area (Å²) in [7, 11) is 0. The second kappa shape index (κ2) is 4.97.